The number of halogens is 2. The monoisotopic (exact) mass is 361 g/mol. The van der Waals surface area contributed by atoms with E-state index in [4.69, 9.17) is 23.2 Å². The van der Waals surface area contributed by atoms with Gasteiger partial charge in [-0.2, -0.15) is 5.10 Å². The Morgan fingerprint density at radius 1 is 1.13 bits per heavy atom. The molecule has 6 heteroatoms. The first kappa shape index (κ1) is 16.0. The third kappa shape index (κ3) is 4.10. The van der Waals surface area contributed by atoms with Crippen LogP contribution in [0.15, 0.2) is 52.9 Å². The molecule has 0 aliphatic heterocycles. The van der Waals surface area contributed by atoms with Crippen molar-refractivity contribution in [2.75, 3.05) is 5.43 Å². The van der Waals surface area contributed by atoms with E-state index in [-0.39, 0.29) is 0 Å². The molecule has 3 nitrogen and oxygen atoms in total. The average molecular weight is 362 g/mol. The number of nitrogens with zero attached hydrogens (tertiary/aromatic N) is 2. The van der Waals surface area contributed by atoms with Crippen LogP contribution in [0.4, 0.5) is 5.13 Å². The number of nitrogens with one attached hydrogen (secondary N) is 1. The number of hydrogen-bond donors (Lipinski definition) is 1. The molecule has 0 fully saturated rings. The van der Waals surface area contributed by atoms with E-state index in [0.717, 1.165) is 16.8 Å². The number of hydrazone groups is 1. The Hall–Kier alpha value is -1.88. The summed E-state index contributed by atoms with van der Waals surface area (Å²) in [4.78, 5) is 4.48. The molecule has 0 saturated carbocycles. The number of aromatic nitrogens is 1. The molecule has 0 radical (unpaired) electrons. The van der Waals surface area contributed by atoms with E-state index in [1.165, 1.54) is 16.9 Å². The third-order valence-electron chi connectivity index (χ3n) is 3.16. The second-order valence-electron chi connectivity index (χ2n) is 4.94. The van der Waals surface area contributed by atoms with Crippen LogP contribution in [0, 0.1) is 6.92 Å². The van der Waals surface area contributed by atoms with Gasteiger partial charge in [0.25, 0.3) is 0 Å². The van der Waals surface area contributed by atoms with Crippen molar-refractivity contribution in [1.82, 2.24) is 4.98 Å². The highest BCUT2D eigenvalue weighted by atomic mass is 35.5. The Morgan fingerprint density at radius 3 is 2.65 bits per heavy atom. The maximum atomic E-state index is 6.20. The fourth-order valence-electron chi connectivity index (χ4n) is 1.96. The van der Waals surface area contributed by atoms with E-state index in [1.807, 2.05) is 35.7 Å². The minimum atomic E-state index is 0.581. The minimum Gasteiger partial charge on any atom is -0.253 e. The van der Waals surface area contributed by atoms with Crippen molar-refractivity contribution in [1.29, 1.82) is 0 Å². The lowest BCUT2D eigenvalue weighted by Gasteiger charge is -2.00. The van der Waals surface area contributed by atoms with Crippen molar-refractivity contribution in [2.45, 2.75) is 6.92 Å². The van der Waals surface area contributed by atoms with Crippen molar-refractivity contribution in [3.05, 3.63) is 69.0 Å². The summed E-state index contributed by atoms with van der Waals surface area (Å²) in [6.07, 6.45) is 1.76. The largest absolute Gasteiger partial charge is 0.253 e. The van der Waals surface area contributed by atoms with E-state index in [1.54, 1.807) is 18.3 Å². The second kappa shape index (κ2) is 7.13. The summed E-state index contributed by atoms with van der Waals surface area (Å²) >= 11 is 13.6. The fourth-order valence-corrected chi connectivity index (χ4v) is 3.13. The lowest BCUT2D eigenvalue weighted by molar-refractivity contribution is 1.29. The number of thiazole rings is 1. The van der Waals surface area contributed by atoms with Gasteiger partial charge in [0, 0.05) is 16.0 Å². The van der Waals surface area contributed by atoms with Crippen LogP contribution in [0.5, 0.6) is 0 Å². The molecule has 0 aliphatic rings. The smallest absolute Gasteiger partial charge is 0.203 e. The van der Waals surface area contributed by atoms with Crippen LogP contribution in [0.25, 0.3) is 11.3 Å². The Balaban J connectivity index is 1.71. The molecule has 1 aromatic heterocycles. The molecule has 3 rings (SSSR count). The number of rotatable bonds is 4. The summed E-state index contributed by atoms with van der Waals surface area (Å²) in [6.45, 7) is 2.05. The molecule has 0 aliphatic carbocycles. The molecule has 0 unspecified atom stereocenters. The Kier molecular flexibility index (Phi) is 4.96. The van der Waals surface area contributed by atoms with E-state index in [2.05, 4.69) is 22.4 Å². The molecule has 1 N–H and O–H groups in total. The third-order valence-corrected chi connectivity index (χ3v) is 4.46. The number of anilines is 1. The van der Waals surface area contributed by atoms with E-state index < -0.39 is 0 Å². The van der Waals surface area contributed by atoms with Crippen LogP contribution in [0.1, 0.15) is 11.1 Å². The zero-order valence-corrected chi connectivity index (χ0v) is 14.6. The quantitative estimate of drug-likeness (QED) is 0.465. The first-order valence-corrected chi connectivity index (χ1v) is 8.52. The molecule has 116 valence electrons. The number of hydrogen-bond acceptors (Lipinski definition) is 4. The van der Waals surface area contributed by atoms with E-state index in [9.17, 15) is 0 Å². The molecule has 0 spiro atoms. The minimum absolute atomic E-state index is 0.581. The summed E-state index contributed by atoms with van der Waals surface area (Å²) in [5.74, 6) is 0. The van der Waals surface area contributed by atoms with Gasteiger partial charge in [0.2, 0.25) is 5.13 Å². The van der Waals surface area contributed by atoms with E-state index in [0.29, 0.717) is 15.2 Å². The van der Waals surface area contributed by atoms with Crippen LogP contribution in [0.3, 0.4) is 0 Å². The van der Waals surface area contributed by atoms with Gasteiger partial charge in [0.15, 0.2) is 0 Å². The Morgan fingerprint density at radius 2 is 1.91 bits per heavy atom. The maximum Gasteiger partial charge on any atom is 0.203 e. The van der Waals surface area contributed by atoms with Gasteiger partial charge in [-0.15, -0.1) is 11.3 Å². The summed E-state index contributed by atoms with van der Waals surface area (Å²) in [6, 6.07) is 13.5. The predicted octanol–water partition coefficient (Wildman–Crippen LogP) is 5.87. The van der Waals surface area contributed by atoms with Crippen LogP contribution in [-0.4, -0.2) is 11.2 Å². The fraction of sp³-hybridized carbons (Fsp3) is 0.0588. The average Bonchev–Trinajstić information content (AvgIpc) is 2.98. The highest BCUT2D eigenvalue weighted by Crippen LogP contribution is 2.32. The molecule has 0 atom stereocenters. The van der Waals surface area contributed by atoms with Crippen molar-refractivity contribution in [3.63, 3.8) is 0 Å². The second-order valence-corrected chi connectivity index (χ2v) is 6.64. The molecule has 0 amide bonds. The molecule has 1 heterocycles. The van der Waals surface area contributed by atoms with Gasteiger partial charge in [-0.05, 0) is 30.7 Å². The lowest BCUT2D eigenvalue weighted by Crippen LogP contribution is -1.90. The standard InChI is InChI=1S/C17H13Cl2N3S/c1-11-2-4-12(5-3-11)9-20-22-17-21-16(10-23-17)14-7-6-13(18)8-15(14)19/h2-10H,1H3,(H,21,22)/b20-9-. The van der Waals surface area contributed by atoms with Crippen LogP contribution in [0.2, 0.25) is 10.0 Å². The zero-order valence-electron chi connectivity index (χ0n) is 12.3. The van der Waals surface area contributed by atoms with Gasteiger partial charge >= 0.3 is 0 Å². The molecule has 23 heavy (non-hydrogen) atoms. The van der Waals surface area contributed by atoms with Crippen LogP contribution in [-0.2, 0) is 0 Å². The van der Waals surface area contributed by atoms with Crippen molar-refractivity contribution in [2.24, 2.45) is 5.10 Å². The maximum absolute atomic E-state index is 6.20. The van der Waals surface area contributed by atoms with Gasteiger partial charge < -0.3 is 0 Å². The van der Waals surface area contributed by atoms with Gasteiger partial charge in [0.05, 0.1) is 16.9 Å². The first-order chi connectivity index (χ1) is 11.1. The van der Waals surface area contributed by atoms with Gasteiger partial charge in [-0.25, -0.2) is 4.98 Å². The Bertz CT molecular complexity index is 841. The number of aryl methyl sites for hydroxylation is 1. The zero-order chi connectivity index (χ0) is 16.2. The highest BCUT2D eigenvalue weighted by Gasteiger charge is 2.08. The van der Waals surface area contributed by atoms with Crippen molar-refractivity contribution >= 4 is 45.9 Å². The van der Waals surface area contributed by atoms with Crippen LogP contribution >= 0.6 is 34.5 Å². The SMILES string of the molecule is Cc1ccc(/C=N\Nc2nc(-c3ccc(Cl)cc3Cl)cs2)cc1. The van der Waals surface area contributed by atoms with E-state index >= 15 is 0 Å². The summed E-state index contributed by atoms with van der Waals surface area (Å²) < 4.78 is 0. The lowest BCUT2D eigenvalue weighted by atomic mass is 10.2. The van der Waals surface area contributed by atoms with Gasteiger partial charge in [0.1, 0.15) is 0 Å². The first-order valence-electron chi connectivity index (χ1n) is 6.88. The summed E-state index contributed by atoms with van der Waals surface area (Å²) in [5, 5.41) is 8.02. The summed E-state index contributed by atoms with van der Waals surface area (Å²) in [7, 11) is 0. The molecule has 3 aromatic rings. The normalized spacial score (nSPS) is 11.1. The molecule has 2 aromatic carbocycles. The molecule has 0 saturated heterocycles. The molecular formula is C17H13Cl2N3S. The van der Waals surface area contributed by atoms with Gasteiger partial charge in [-0.3, -0.25) is 5.43 Å². The van der Waals surface area contributed by atoms with Crippen molar-refractivity contribution in [3.8, 4) is 11.3 Å². The number of benzene rings is 2. The Labute approximate surface area is 148 Å². The topological polar surface area (TPSA) is 37.3 Å². The van der Waals surface area contributed by atoms with Crippen molar-refractivity contribution < 1.29 is 0 Å². The predicted molar refractivity (Wildman–Crippen MR) is 100.0 cm³/mol. The summed E-state index contributed by atoms with van der Waals surface area (Å²) in [5.41, 5.74) is 6.83. The van der Waals surface area contributed by atoms with Crippen LogP contribution < -0.4 is 5.43 Å². The molecule has 0 bridgehead atoms. The van der Waals surface area contributed by atoms with Gasteiger partial charge in [-0.1, -0.05) is 53.0 Å². The highest BCUT2D eigenvalue weighted by molar-refractivity contribution is 7.14. The molecular weight excluding hydrogens is 349 g/mol.